The minimum absolute atomic E-state index is 0.750. The average Bonchev–Trinajstić information content (AvgIpc) is 2.57. The summed E-state index contributed by atoms with van der Waals surface area (Å²) < 4.78 is 5.38. The molecule has 2 unspecified atom stereocenters. The molecule has 3 heteroatoms. The van der Waals surface area contributed by atoms with E-state index in [0.717, 1.165) is 38.4 Å². The first-order valence-corrected chi connectivity index (χ1v) is 6.66. The summed E-state index contributed by atoms with van der Waals surface area (Å²) in [4.78, 5) is 5.26. The third kappa shape index (κ3) is 2.17. The smallest absolute Gasteiger partial charge is 0.0594 e. The van der Waals surface area contributed by atoms with E-state index in [-0.39, 0.29) is 0 Å². The lowest BCUT2D eigenvalue weighted by molar-refractivity contribution is 0.0311. The predicted molar refractivity (Wildman–Crippen MR) is 64.5 cm³/mol. The lowest BCUT2D eigenvalue weighted by atomic mass is 10.1. The summed E-state index contributed by atoms with van der Waals surface area (Å²) in [5.74, 6) is 0. The van der Waals surface area contributed by atoms with Gasteiger partial charge in [-0.05, 0) is 19.3 Å². The average molecular weight is 222 g/mol. The second-order valence-corrected chi connectivity index (χ2v) is 5.15. The van der Waals surface area contributed by atoms with Crippen LogP contribution in [0.5, 0.6) is 0 Å². The third-order valence-electron chi connectivity index (χ3n) is 4.24. The van der Waals surface area contributed by atoms with Crippen molar-refractivity contribution in [3.63, 3.8) is 0 Å². The second-order valence-electron chi connectivity index (χ2n) is 5.15. The highest BCUT2D eigenvalue weighted by Crippen LogP contribution is 2.30. The highest BCUT2D eigenvalue weighted by atomic mass is 16.5. The normalized spacial score (nSPS) is 35.8. The summed E-state index contributed by atoms with van der Waals surface area (Å²) in [6, 6.07) is 1.59. The van der Waals surface area contributed by atoms with Crippen LogP contribution in [-0.4, -0.2) is 61.3 Å². The van der Waals surface area contributed by atoms with Gasteiger partial charge < -0.3 is 4.74 Å². The van der Waals surface area contributed by atoms with Crippen LogP contribution in [0.3, 0.4) is 0 Å². The van der Waals surface area contributed by atoms with Crippen molar-refractivity contribution in [3.8, 4) is 0 Å². The zero-order valence-corrected chi connectivity index (χ0v) is 9.98. The maximum atomic E-state index is 5.38. The summed E-state index contributed by atoms with van der Waals surface area (Å²) in [7, 11) is 0. The number of fused-ring (bicyclic) bond motifs is 2. The van der Waals surface area contributed by atoms with Crippen molar-refractivity contribution in [3.05, 3.63) is 12.2 Å². The van der Waals surface area contributed by atoms with Crippen LogP contribution in [0.15, 0.2) is 12.2 Å². The Balaban J connectivity index is 1.49. The summed E-state index contributed by atoms with van der Waals surface area (Å²) in [6.45, 7) is 6.57. The summed E-state index contributed by atoms with van der Waals surface area (Å²) in [5, 5.41) is 0. The molecule has 3 nitrogen and oxygen atoms in total. The minimum Gasteiger partial charge on any atom is -0.379 e. The second kappa shape index (κ2) is 4.86. The lowest BCUT2D eigenvalue weighted by Crippen LogP contribution is -2.45. The van der Waals surface area contributed by atoms with E-state index in [4.69, 9.17) is 4.74 Å². The van der Waals surface area contributed by atoms with Gasteiger partial charge in [0.1, 0.15) is 0 Å². The Labute approximate surface area is 98.0 Å². The van der Waals surface area contributed by atoms with Gasteiger partial charge in [-0.15, -0.1) is 0 Å². The van der Waals surface area contributed by atoms with Gasteiger partial charge in [0, 0.05) is 38.3 Å². The third-order valence-corrected chi connectivity index (χ3v) is 4.24. The monoisotopic (exact) mass is 222 g/mol. The Morgan fingerprint density at radius 3 is 2.81 bits per heavy atom. The fourth-order valence-corrected chi connectivity index (χ4v) is 3.25. The molecule has 3 rings (SSSR count). The molecule has 90 valence electrons. The first-order valence-electron chi connectivity index (χ1n) is 6.66. The Kier molecular flexibility index (Phi) is 3.27. The molecule has 0 amide bonds. The van der Waals surface area contributed by atoms with Crippen molar-refractivity contribution in [2.75, 3.05) is 39.4 Å². The largest absolute Gasteiger partial charge is 0.379 e. The molecule has 16 heavy (non-hydrogen) atoms. The van der Waals surface area contributed by atoms with E-state index in [9.17, 15) is 0 Å². The first kappa shape index (κ1) is 10.8. The maximum Gasteiger partial charge on any atom is 0.0594 e. The van der Waals surface area contributed by atoms with Crippen LogP contribution in [0.2, 0.25) is 0 Å². The maximum absolute atomic E-state index is 5.38. The first-order chi connectivity index (χ1) is 7.93. The van der Waals surface area contributed by atoms with Crippen molar-refractivity contribution in [1.29, 1.82) is 0 Å². The van der Waals surface area contributed by atoms with E-state index in [2.05, 4.69) is 22.0 Å². The number of nitrogens with zero attached hydrogens (tertiary/aromatic N) is 2. The fraction of sp³-hybridized carbons (Fsp3) is 0.846. The van der Waals surface area contributed by atoms with E-state index in [1.165, 1.54) is 32.4 Å². The van der Waals surface area contributed by atoms with Crippen LogP contribution in [0.1, 0.15) is 19.3 Å². The molecule has 2 saturated heterocycles. The van der Waals surface area contributed by atoms with Crippen molar-refractivity contribution >= 4 is 0 Å². The molecule has 3 heterocycles. The molecule has 3 aliphatic rings. The molecule has 2 atom stereocenters. The van der Waals surface area contributed by atoms with E-state index < -0.39 is 0 Å². The molecule has 0 spiro atoms. The molecule has 2 fully saturated rings. The van der Waals surface area contributed by atoms with Gasteiger partial charge in [0.15, 0.2) is 0 Å². The van der Waals surface area contributed by atoms with Crippen molar-refractivity contribution in [1.82, 2.24) is 9.80 Å². The van der Waals surface area contributed by atoms with Crippen molar-refractivity contribution in [2.45, 2.75) is 31.3 Å². The number of hydrogen-bond acceptors (Lipinski definition) is 3. The van der Waals surface area contributed by atoms with Gasteiger partial charge in [-0.1, -0.05) is 12.2 Å². The van der Waals surface area contributed by atoms with Crippen LogP contribution in [0, 0.1) is 0 Å². The molecule has 3 aliphatic heterocycles. The number of morpholine rings is 1. The van der Waals surface area contributed by atoms with Crippen LogP contribution >= 0.6 is 0 Å². The highest BCUT2D eigenvalue weighted by Gasteiger charge is 2.33. The summed E-state index contributed by atoms with van der Waals surface area (Å²) in [6.07, 6.45) is 8.86. The van der Waals surface area contributed by atoms with E-state index >= 15 is 0 Å². The summed E-state index contributed by atoms with van der Waals surface area (Å²) >= 11 is 0. The number of rotatable bonds is 3. The quantitative estimate of drug-likeness (QED) is 0.665. The van der Waals surface area contributed by atoms with Crippen molar-refractivity contribution < 1.29 is 4.74 Å². The van der Waals surface area contributed by atoms with Crippen LogP contribution in [0.4, 0.5) is 0 Å². The van der Waals surface area contributed by atoms with Crippen LogP contribution in [0.25, 0.3) is 0 Å². The van der Waals surface area contributed by atoms with Crippen LogP contribution < -0.4 is 0 Å². The topological polar surface area (TPSA) is 15.7 Å². The fourth-order valence-electron chi connectivity index (χ4n) is 3.25. The van der Waals surface area contributed by atoms with Gasteiger partial charge in [-0.3, -0.25) is 9.80 Å². The molecule has 0 N–H and O–H groups in total. The van der Waals surface area contributed by atoms with Gasteiger partial charge in [-0.2, -0.15) is 0 Å². The highest BCUT2D eigenvalue weighted by molar-refractivity contribution is 5.08. The molecule has 0 aromatic heterocycles. The SMILES string of the molecule is C1=CC2CCC(C1)N2CCN1CCOCC1. The molecular formula is C13H22N2O. The van der Waals surface area contributed by atoms with Crippen molar-refractivity contribution in [2.24, 2.45) is 0 Å². The number of hydrogen-bond donors (Lipinski definition) is 0. The molecule has 0 aromatic carbocycles. The Hall–Kier alpha value is -0.380. The molecular weight excluding hydrogens is 200 g/mol. The minimum atomic E-state index is 0.750. The Morgan fingerprint density at radius 1 is 1.12 bits per heavy atom. The zero-order chi connectivity index (χ0) is 10.8. The zero-order valence-electron chi connectivity index (χ0n) is 9.98. The number of ether oxygens (including phenoxy) is 1. The van der Waals surface area contributed by atoms with E-state index in [0.29, 0.717) is 0 Å². The molecule has 0 radical (unpaired) electrons. The van der Waals surface area contributed by atoms with Gasteiger partial charge >= 0.3 is 0 Å². The van der Waals surface area contributed by atoms with Gasteiger partial charge in [0.25, 0.3) is 0 Å². The summed E-state index contributed by atoms with van der Waals surface area (Å²) in [5.41, 5.74) is 0. The lowest BCUT2D eigenvalue weighted by Gasteiger charge is -2.34. The van der Waals surface area contributed by atoms with E-state index in [1.807, 2.05) is 0 Å². The molecule has 2 bridgehead atoms. The van der Waals surface area contributed by atoms with E-state index in [1.54, 1.807) is 0 Å². The molecule has 0 aromatic rings. The van der Waals surface area contributed by atoms with Crippen LogP contribution in [-0.2, 0) is 4.74 Å². The van der Waals surface area contributed by atoms with Gasteiger partial charge in [-0.25, -0.2) is 0 Å². The van der Waals surface area contributed by atoms with Gasteiger partial charge in [0.05, 0.1) is 13.2 Å². The standard InChI is InChI=1S/C13H22N2O/c1-2-12-4-5-13(3-1)15(12)7-6-14-8-10-16-11-9-14/h1-2,12-13H,3-11H2. The predicted octanol–water partition coefficient (Wildman–Crippen LogP) is 1.11. The molecule has 0 saturated carbocycles. The van der Waals surface area contributed by atoms with Gasteiger partial charge in [0.2, 0.25) is 0 Å². The Morgan fingerprint density at radius 2 is 2.00 bits per heavy atom. The molecule has 0 aliphatic carbocycles. The Bertz CT molecular complexity index is 261.